The summed E-state index contributed by atoms with van der Waals surface area (Å²) >= 11 is 0. The van der Waals surface area contributed by atoms with Gasteiger partial charge in [0.25, 0.3) is 10.0 Å². The normalized spacial score (nSPS) is 17.8. The number of benzene rings is 2. The van der Waals surface area contributed by atoms with Crippen LogP contribution in [0.15, 0.2) is 47.4 Å². The van der Waals surface area contributed by atoms with E-state index in [1.54, 1.807) is 0 Å². The Kier molecular flexibility index (Phi) is 6.27. The smallest absolute Gasteiger partial charge is 0.409 e. The maximum Gasteiger partial charge on any atom is 0.409 e. The van der Waals surface area contributed by atoms with Crippen molar-refractivity contribution in [2.45, 2.75) is 36.3 Å². The van der Waals surface area contributed by atoms with Crippen LogP contribution in [0, 0.1) is 5.82 Å². The number of ether oxygens (including phenoxy) is 1. The van der Waals surface area contributed by atoms with Crippen molar-refractivity contribution in [3.05, 3.63) is 48.3 Å². The zero-order chi connectivity index (χ0) is 23.6. The number of fused-ring (bicyclic) bond motifs is 1. The highest BCUT2D eigenvalue weighted by molar-refractivity contribution is 7.92. The lowest BCUT2D eigenvalue weighted by Crippen LogP contribution is -2.51. The van der Waals surface area contributed by atoms with E-state index in [2.05, 4.69) is 16.0 Å². The Morgan fingerprint density at radius 3 is 2.52 bits per heavy atom. The highest BCUT2D eigenvalue weighted by Crippen LogP contribution is 2.39. The van der Waals surface area contributed by atoms with Gasteiger partial charge in [0, 0.05) is 11.7 Å². The molecule has 0 aromatic heterocycles. The van der Waals surface area contributed by atoms with Crippen molar-refractivity contribution < 1.29 is 32.2 Å². The van der Waals surface area contributed by atoms with Gasteiger partial charge in [0.15, 0.2) is 0 Å². The minimum absolute atomic E-state index is 0.0442. The van der Waals surface area contributed by atoms with E-state index < -0.39 is 28.0 Å². The van der Waals surface area contributed by atoms with Gasteiger partial charge in [-0.15, -0.1) is 0 Å². The van der Waals surface area contributed by atoms with Gasteiger partial charge in [-0.25, -0.2) is 22.4 Å². The number of carbonyl (C=O) groups excluding carboxylic acids is 1. The number of hydrogen-bond acceptors (Lipinski definition) is 5. The van der Waals surface area contributed by atoms with Crippen LogP contribution in [0.2, 0.25) is 0 Å². The van der Waals surface area contributed by atoms with Gasteiger partial charge >= 0.3 is 12.1 Å². The van der Waals surface area contributed by atoms with Crippen LogP contribution in [-0.4, -0.2) is 50.9 Å². The third-order valence-corrected chi connectivity index (χ3v) is 7.27. The molecule has 1 saturated carbocycles. The fourth-order valence-electron chi connectivity index (χ4n) is 3.58. The topological polar surface area (TPSA) is 137 Å². The average Bonchev–Trinajstić information content (AvgIpc) is 2.74. The molecule has 0 spiro atoms. The summed E-state index contributed by atoms with van der Waals surface area (Å²) in [5.74, 6) is -0.377. The van der Waals surface area contributed by atoms with Gasteiger partial charge in [0.1, 0.15) is 17.7 Å². The van der Waals surface area contributed by atoms with E-state index in [1.165, 1.54) is 18.2 Å². The third kappa shape index (κ3) is 5.11. The summed E-state index contributed by atoms with van der Waals surface area (Å²) in [5.41, 5.74) is 0.279. The zero-order valence-corrected chi connectivity index (χ0v) is 18.3. The Morgan fingerprint density at radius 1 is 1.15 bits per heavy atom. The number of urea groups is 1. The maximum atomic E-state index is 13.4. The first-order valence-electron chi connectivity index (χ1n) is 10.4. The molecule has 1 aliphatic heterocycles. The lowest BCUT2D eigenvalue weighted by molar-refractivity contribution is 0.189. The Morgan fingerprint density at radius 2 is 1.88 bits per heavy atom. The van der Waals surface area contributed by atoms with Gasteiger partial charge in [-0.05, 0) is 61.7 Å². The predicted octanol–water partition coefficient (Wildman–Crippen LogP) is 2.72. The lowest BCUT2D eigenvalue weighted by atomic mass is 9.93. The molecule has 4 rings (SSSR count). The summed E-state index contributed by atoms with van der Waals surface area (Å²) in [7, 11) is -4.14. The van der Waals surface area contributed by atoms with Crippen molar-refractivity contribution in [1.29, 1.82) is 0 Å². The number of amides is 3. The summed E-state index contributed by atoms with van der Waals surface area (Å²) in [4.78, 5) is 23.0. The van der Waals surface area contributed by atoms with Crippen LogP contribution < -0.4 is 25.0 Å². The number of anilines is 2. The summed E-state index contributed by atoms with van der Waals surface area (Å²) < 4.78 is 47.1. The summed E-state index contributed by atoms with van der Waals surface area (Å²) in [6.07, 6.45) is 0.911. The SMILES string of the molecule is O=C(O)Nc1ccc2c(c1)N(S(=O)(=O)c1ccc(F)cc1)CC(CNC(=O)NC1CCC1)O2. The van der Waals surface area contributed by atoms with E-state index in [0.29, 0.717) is 0 Å². The quantitative estimate of drug-likeness (QED) is 0.504. The van der Waals surface area contributed by atoms with E-state index in [4.69, 9.17) is 9.84 Å². The van der Waals surface area contributed by atoms with Crippen molar-refractivity contribution in [3.8, 4) is 5.75 Å². The average molecular weight is 479 g/mol. The first-order chi connectivity index (χ1) is 15.7. The fraction of sp³-hybridized carbons (Fsp3) is 0.333. The molecule has 10 nitrogen and oxygen atoms in total. The predicted molar refractivity (Wildman–Crippen MR) is 118 cm³/mol. The molecule has 0 saturated heterocycles. The Bertz CT molecular complexity index is 1150. The molecule has 1 atom stereocenters. The molecule has 4 N–H and O–H groups in total. The van der Waals surface area contributed by atoms with Gasteiger partial charge in [-0.3, -0.25) is 9.62 Å². The van der Waals surface area contributed by atoms with Gasteiger partial charge in [0.05, 0.1) is 23.7 Å². The maximum absolute atomic E-state index is 13.4. The second-order valence-corrected chi connectivity index (χ2v) is 9.69. The van der Waals surface area contributed by atoms with Gasteiger partial charge < -0.3 is 20.5 Å². The number of sulfonamides is 1. The Balaban J connectivity index is 1.60. The number of carboxylic acid groups (broad SMARTS) is 1. The van der Waals surface area contributed by atoms with Gasteiger partial charge in [0.2, 0.25) is 0 Å². The summed E-state index contributed by atoms with van der Waals surface area (Å²) in [6, 6.07) is 8.41. The largest absolute Gasteiger partial charge is 0.484 e. The summed E-state index contributed by atoms with van der Waals surface area (Å²) in [5, 5.41) is 16.7. The summed E-state index contributed by atoms with van der Waals surface area (Å²) in [6.45, 7) is -0.102. The molecule has 1 heterocycles. The Hall–Kier alpha value is -3.54. The van der Waals surface area contributed by atoms with Crippen LogP contribution >= 0.6 is 0 Å². The molecule has 0 bridgehead atoms. The standard InChI is InChI=1S/C21H23FN4O6S/c22-13-4-7-17(8-5-13)33(30,31)26-12-16(11-23-20(27)24-14-2-1-3-14)32-19-9-6-15(10-18(19)26)25-21(28)29/h4-10,14,16,25H,1-3,11-12H2,(H,28,29)(H2,23,24,27). The first kappa shape index (κ1) is 22.6. The van der Waals surface area contributed by atoms with Crippen molar-refractivity contribution in [1.82, 2.24) is 10.6 Å². The molecule has 176 valence electrons. The van der Waals surface area contributed by atoms with Crippen molar-refractivity contribution in [2.24, 2.45) is 0 Å². The van der Waals surface area contributed by atoms with Crippen LogP contribution in [0.4, 0.5) is 25.4 Å². The second-order valence-electron chi connectivity index (χ2n) is 7.82. The highest BCUT2D eigenvalue weighted by atomic mass is 32.2. The Labute approximate surface area is 189 Å². The van der Waals surface area contributed by atoms with Gasteiger partial charge in [-0.2, -0.15) is 0 Å². The van der Waals surface area contributed by atoms with E-state index in [0.717, 1.165) is 47.8 Å². The molecule has 33 heavy (non-hydrogen) atoms. The van der Waals surface area contributed by atoms with Crippen LogP contribution in [0.3, 0.4) is 0 Å². The number of nitrogens with one attached hydrogen (secondary N) is 3. The van der Waals surface area contributed by atoms with Crippen LogP contribution in [0.5, 0.6) is 5.75 Å². The molecule has 1 fully saturated rings. The monoisotopic (exact) mass is 478 g/mol. The van der Waals surface area contributed by atoms with Crippen LogP contribution in [0.1, 0.15) is 19.3 Å². The zero-order valence-electron chi connectivity index (χ0n) is 17.5. The van der Waals surface area contributed by atoms with E-state index >= 15 is 0 Å². The van der Waals surface area contributed by atoms with Crippen molar-refractivity contribution in [2.75, 3.05) is 22.7 Å². The third-order valence-electron chi connectivity index (χ3n) is 5.47. The molecule has 0 radical (unpaired) electrons. The molecule has 2 aromatic rings. The fourth-order valence-corrected chi connectivity index (χ4v) is 5.08. The van der Waals surface area contributed by atoms with E-state index in [1.807, 2.05) is 0 Å². The van der Waals surface area contributed by atoms with Crippen LogP contribution in [-0.2, 0) is 10.0 Å². The van der Waals surface area contributed by atoms with Gasteiger partial charge in [-0.1, -0.05) is 0 Å². The molecule has 3 amide bonds. The molecule has 2 aliphatic rings. The lowest BCUT2D eigenvalue weighted by Gasteiger charge is -2.36. The molecule has 1 aliphatic carbocycles. The number of carbonyl (C=O) groups is 2. The second kappa shape index (κ2) is 9.14. The first-order valence-corrected chi connectivity index (χ1v) is 11.8. The number of nitrogens with zero attached hydrogens (tertiary/aromatic N) is 1. The molecular weight excluding hydrogens is 455 g/mol. The van der Waals surface area contributed by atoms with E-state index in [9.17, 15) is 22.4 Å². The minimum atomic E-state index is -4.14. The molecule has 2 aromatic carbocycles. The molecule has 12 heteroatoms. The number of hydrogen-bond donors (Lipinski definition) is 4. The molecule has 1 unspecified atom stereocenters. The van der Waals surface area contributed by atoms with E-state index in [-0.39, 0.29) is 47.2 Å². The van der Waals surface area contributed by atoms with Crippen molar-refractivity contribution >= 4 is 33.5 Å². The highest BCUT2D eigenvalue weighted by Gasteiger charge is 2.35. The number of halogens is 1. The molecular formula is C21H23FN4O6S. The van der Waals surface area contributed by atoms with Crippen LogP contribution in [0.25, 0.3) is 0 Å². The van der Waals surface area contributed by atoms with Crippen molar-refractivity contribution in [3.63, 3.8) is 0 Å². The number of rotatable bonds is 6. The minimum Gasteiger partial charge on any atom is -0.484 e.